The number of hydrogen-bond donors (Lipinski definition) is 5. The summed E-state index contributed by atoms with van der Waals surface area (Å²) in [6, 6.07) is 30.4. The van der Waals surface area contributed by atoms with Crippen LogP contribution in [0.4, 0.5) is 22.7 Å². The maximum atomic E-state index is 12.3. The fraction of sp³-hybridized carbons (Fsp3) is 0.0882. The second kappa shape index (κ2) is 11.5. The van der Waals surface area contributed by atoms with E-state index < -0.39 is 22.0 Å². The summed E-state index contributed by atoms with van der Waals surface area (Å²) in [6.07, 6.45) is 0. The number of aryl methyl sites for hydroxylation is 1. The second-order valence-electron chi connectivity index (χ2n) is 10.5. The summed E-state index contributed by atoms with van der Waals surface area (Å²) < 4.78 is 39.0. The van der Waals surface area contributed by atoms with Crippen LogP contribution in [0.25, 0.3) is 0 Å². The van der Waals surface area contributed by atoms with Crippen LogP contribution in [-0.2, 0) is 16.7 Å². The summed E-state index contributed by atoms with van der Waals surface area (Å²) >= 11 is 0. The number of ether oxygens (including phenoxy) is 1. The Balaban J connectivity index is 1.42. The van der Waals surface area contributed by atoms with E-state index in [2.05, 4.69) is 10.6 Å². The number of para-hydroxylation sites is 1. The van der Waals surface area contributed by atoms with Gasteiger partial charge in [-0.1, -0.05) is 48.5 Å². The molecule has 1 aliphatic rings. The molecule has 0 aromatic heterocycles. The molecule has 10 heteroatoms. The van der Waals surface area contributed by atoms with E-state index in [4.69, 9.17) is 10.5 Å². The van der Waals surface area contributed by atoms with Gasteiger partial charge in [0.1, 0.15) is 11.5 Å². The molecule has 9 nitrogen and oxygen atoms in total. The van der Waals surface area contributed by atoms with Gasteiger partial charge in [-0.3, -0.25) is 4.55 Å². The van der Waals surface area contributed by atoms with Crippen LogP contribution < -0.4 is 21.1 Å². The number of anilines is 4. The average Bonchev–Trinajstić information content (AvgIpc) is 3.00. The molecule has 0 spiro atoms. The monoisotopic (exact) mass is 607 g/mol. The van der Waals surface area contributed by atoms with Crippen molar-refractivity contribution in [3.8, 4) is 11.5 Å². The number of aromatic carboxylic acids is 1. The Morgan fingerprint density at radius 1 is 0.795 bits per heavy atom. The van der Waals surface area contributed by atoms with Crippen LogP contribution in [-0.4, -0.2) is 24.0 Å². The lowest BCUT2D eigenvalue weighted by atomic mass is 9.80. The number of rotatable bonds is 8. The smallest absolute Gasteiger partial charge is 0.335 e. The third kappa shape index (κ3) is 5.61. The zero-order valence-electron chi connectivity index (χ0n) is 23.6. The number of hydrogen-bond acceptors (Lipinski definition) is 7. The van der Waals surface area contributed by atoms with E-state index in [9.17, 15) is 22.9 Å². The largest absolute Gasteiger partial charge is 0.478 e. The van der Waals surface area contributed by atoms with Gasteiger partial charge in [-0.05, 0) is 66.1 Å². The lowest BCUT2D eigenvalue weighted by molar-refractivity contribution is 0.0695. The molecule has 5 aromatic rings. The Morgan fingerprint density at radius 3 is 2.02 bits per heavy atom. The highest BCUT2D eigenvalue weighted by Crippen LogP contribution is 2.50. The molecule has 0 saturated heterocycles. The maximum Gasteiger partial charge on any atom is 0.335 e. The zero-order valence-corrected chi connectivity index (χ0v) is 24.4. The van der Waals surface area contributed by atoms with Crippen LogP contribution in [0.3, 0.4) is 0 Å². The van der Waals surface area contributed by atoms with Crippen LogP contribution in [0.5, 0.6) is 11.5 Å². The highest BCUT2D eigenvalue weighted by Gasteiger charge is 2.32. The molecule has 0 radical (unpaired) electrons. The fourth-order valence-corrected chi connectivity index (χ4v) is 6.08. The van der Waals surface area contributed by atoms with Gasteiger partial charge in [0.25, 0.3) is 10.1 Å². The molecule has 222 valence electrons. The average molecular weight is 608 g/mol. The SMILES string of the molecule is Cc1cc(S(=O)(=O)O)ccc1Nc1ccc2c(c1)Oc1cc(Nc3ccccc3CN)ccc1C2c1ccccc1C(=O)O. The van der Waals surface area contributed by atoms with E-state index in [1.54, 1.807) is 25.1 Å². The van der Waals surface area contributed by atoms with Crippen LogP contribution in [0.15, 0.2) is 108 Å². The molecule has 0 amide bonds. The van der Waals surface area contributed by atoms with Gasteiger partial charge in [-0.15, -0.1) is 0 Å². The molecule has 0 aliphatic carbocycles. The standard InChI is InChI=1S/C34H29N3O6S/c1-20-16-24(44(40,41)42)12-15-29(20)36-22-10-13-27-31(17-22)43-32-18-23(37-30-9-5-2-6-21(30)19-35)11-14-28(32)33(27)25-7-3-4-8-26(25)34(38)39/h2-18,33,36-37H,19,35H2,1H3,(H,38,39)(H,40,41,42). The van der Waals surface area contributed by atoms with Crippen molar-refractivity contribution >= 4 is 38.8 Å². The van der Waals surface area contributed by atoms with Gasteiger partial charge in [0.05, 0.1) is 10.5 Å². The number of carboxylic acids is 1. The van der Waals surface area contributed by atoms with Crippen molar-refractivity contribution in [3.05, 3.63) is 137 Å². The van der Waals surface area contributed by atoms with E-state index in [1.807, 2.05) is 72.8 Å². The van der Waals surface area contributed by atoms with Crippen LogP contribution in [0, 0.1) is 6.92 Å². The van der Waals surface area contributed by atoms with Crippen LogP contribution in [0.2, 0.25) is 0 Å². The Bertz CT molecular complexity index is 2030. The van der Waals surface area contributed by atoms with Crippen LogP contribution in [0.1, 0.15) is 44.1 Å². The Hall–Kier alpha value is -5.16. The molecule has 0 bridgehead atoms. The first kappa shape index (κ1) is 28.9. The quantitative estimate of drug-likeness (QED) is 0.113. The molecule has 0 saturated carbocycles. The lowest BCUT2D eigenvalue weighted by Gasteiger charge is -2.30. The number of benzene rings is 5. The van der Waals surface area contributed by atoms with Crippen molar-refractivity contribution < 1.29 is 27.6 Å². The van der Waals surface area contributed by atoms with E-state index in [1.165, 1.54) is 12.1 Å². The van der Waals surface area contributed by atoms with Gasteiger partial charge >= 0.3 is 5.97 Å². The summed E-state index contributed by atoms with van der Waals surface area (Å²) in [7, 11) is -4.33. The summed E-state index contributed by atoms with van der Waals surface area (Å²) in [5, 5.41) is 16.8. The van der Waals surface area contributed by atoms with Crippen molar-refractivity contribution in [1.29, 1.82) is 0 Å². The Kier molecular flexibility index (Phi) is 7.56. The minimum atomic E-state index is -4.33. The molecule has 1 unspecified atom stereocenters. The van der Waals surface area contributed by atoms with Crippen molar-refractivity contribution in [2.75, 3.05) is 10.6 Å². The van der Waals surface area contributed by atoms with Crippen molar-refractivity contribution in [1.82, 2.24) is 0 Å². The maximum absolute atomic E-state index is 12.3. The highest BCUT2D eigenvalue weighted by atomic mass is 32.2. The highest BCUT2D eigenvalue weighted by molar-refractivity contribution is 7.85. The molecular formula is C34H29N3O6S. The molecule has 44 heavy (non-hydrogen) atoms. The first-order chi connectivity index (χ1) is 21.1. The lowest BCUT2D eigenvalue weighted by Crippen LogP contribution is -2.15. The fourth-order valence-electron chi connectivity index (χ4n) is 5.51. The van der Waals surface area contributed by atoms with Crippen LogP contribution >= 0.6 is 0 Å². The molecule has 1 atom stereocenters. The third-order valence-electron chi connectivity index (χ3n) is 7.66. The predicted molar refractivity (Wildman–Crippen MR) is 169 cm³/mol. The minimum Gasteiger partial charge on any atom is -0.478 e. The van der Waals surface area contributed by atoms with E-state index in [0.29, 0.717) is 40.5 Å². The number of nitrogens with one attached hydrogen (secondary N) is 2. The molecular weight excluding hydrogens is 578 g/mol. The van der Waals surface area contributed by atoms with Gasteiger partial charge in [-0.25, -0.2) is 4.79 Å². The van der Waals surface area contributed by atoms with E-state index in [0.717, 1.165) is 28.1 Å². The van der Waals surface area contributed by atoms with Gasteiger partial charge in [0, 0.05) is 58.5 Å². The van der Waals surface area contributed by atoms with Crippen molar-refractivity contribution in [2.24, 2.45) is 5.73 Å². The number of carbonyl (C=O) groups is 1. The van der Waals surface area contributed by atoms with Crippen molar-refractivity contribution in [2.45, 2.75) is 24.3 Å². The Labute approximate surface area is 254 Å². The molecule has 5 aromatic carbocycles. The molecule has 1 heterocycles. The molecule has 1 aliphatic heterocycles. The predicted octanol–water partition coefficient (Wildman–Crippen LogP) is 7.17. The van der Waals surface area contributed by atoms with Gasteiger partial charge in [0.15, 0.2) is 0 Å². The second-order valence-corrected chi connectivity index (χ2v) is 11.9. The van der Waals surface area contributed by atoms with E-state index >= 15 is 0 Å². The molecule has 6 N–H and O–H groups in total. The summed E-state index contributed by atoms with van der Waals surface area (Å²) in [4.78, 5) is 12.1. The first-order valence-corrected chi connectivity index (χ1v) is 15.2. The molecule has 6 rings (SSSR count). The first-order valence-electron chi connectivity index (χ1n) is 13.8. The summed E-state index contributed by atoms with van der Waals surface area (Å²) in [5.74, 6) is -0.326. The summed E-state index contributed by atoms with van der Waals surface area (Å²) in [5.41, 5.74) is 12.9. The van der Waals surface area contributed by atoms with Gasteiger partial charge < -0.3 is 26.2 Å². The number of carboxylic acid groups (broad SMARTS) is 1. The third-order valence-corrected chi connectivity index (χ3v) is 8.51. The topological polar surface area (TPSA) is 151 Å². The molecule has 0 fully saturated rings. The van der Waals surface area contributed by atoms with Gasteiger partial charge in [0.2, 0.25) is 0 Å². The number of nitrogens with two attached hydrogens (primary N) is 1. The summed E-state index contributed by atoms with van der Waals surface area (Å²) in [6.45, 7) is 2.11. The van der Waals surface area contributed by atoms with Crippen molar-refractivity contribution in [3.63, 3.8) is 0 Å². The minimum absolute atomic E-state index is 0.190. The van der Waals surface area contributed by atoms with Gasteiger partial charge in [-0.2, -0.15) is 8.42 Å². The van der Waals surface area contributed by atoms with E-state index in [-0.39, 0.29) is 10.5 Å². The Morgan fingerprint density at radius 2 is 1.41 bits per heavy atom. The normalized spacial score (nSPS) is 13.8. The zero-order chi connectivity index (χ0) is 31.0. The number of fused-ring (bicyclic) bond motifs is 2.